The Kier molecular flexibility index (Phi) is 7.46. The third-order valence-corrected chi connectivity index (χ3v) is 14.4. The molecule has 2 aliphatic rings. The normalized spacial score (nSPS) is 14.6. The van der Waals surface area contributed by atoms with E-state index in [0.29, 0.717) is 0 Å². The van der Waals surface area contributed by atoms with E-state index in [1.54, 1.807) is 0 Å². The summed E-state index contributed by atoms with van der Waals surface area (Å²) in [7, 11) is 0. The number of fused-ring (bicyclic) bond motifs is 12. The monoisotopic (exact) mass is 791 g/mol. The topological polar surface area (TPSA) is 3.24 Å². The van der Waals surface area contributed by atoms with E-state index in [2.05, 4.69) is 229 Å². The van der Waals surface area contributed by atoms with Crippen molar-refractivity contribution in [3.05, 3.63) is 247 Å². The van der Waals surface area contributed by atoms with Gasteiger partial charge in [-0.25, -0.2) is 0 Å². The lowest BCUT2D eigenvalue weighted by molar-refractivity contribution is 0.775. The molecule has 0 fully saturated rings. The molecule has 61 heavy (non-hydrogen) atoms. The second kappa shape index (κ2) is 13.2. The van der Waals surface area contributed by atoms with E-state index in [-0.39, 0.29) is 0 Å². The molecule has 284 valence electrons. The minimum Gasteiger partial charge on any atom is -0.310 e. The van der Waals surface area contributed by atoms with Crippen molar-refractivity contribution in [3.8, 4) is 44.5 Å². The molecule has 13 rings (SSSR count). The molecule has 1 heterocycles. The highest BCUT2D eigenvalue weighted by atomic mass is 32.1. The summed E-state index contributed by atoms with van der Waals surface area (Å²) in [5.74, 6) is 0. The van der Waals surface area contributed by atoms with Gasteiger partial charge < -0.3 is 4.90 Å². The summed E-state index contributed by atoms with van der Waals surface area (Å²) in [6.45, 7) is 0. The minimum absolute atomic E-state index is 0.596. The fraction of sp³-hybridized carbons (Fsp3) is 0.0169. The van der Waals surface area contributed by atoms with Crippen molar-refractivity contribution < 1.29 is 0 Å². The summed E-state index contributed by atoms with van der Waals surface area (Å²) in [4.78, 5) is 2.51. The van der Waals surface area contributed by atoms with Gasteiger partial charge in [0.15, 0.2) is 0 Å². The van der Waals surface area contributed by atoms with Crippen molar-refractivity contribution in [2.45, 2.75) is 5.41 Å². The predicted octanol–water partition coefficient (Wildman–Crippen LogP) is 16.4. The Balaban J connectivity index is 1.14. The third-order valence-electron chi connectivity index (χ3n) is 13.3. The summed E-state index contributed by atoms with van der Waals surface area (Å²) < 4.78 is 2.58. The standard InChI is InChI=1S/C59H37NS/c1-3-15-38(16-4-1)39-29-32-42(33-30-39)60(53-26-14-28-55-57(53)49-22-9-12-27-54(49)61-55)43-34-36-47-45-20-7-10-24-50(45)59(52(47)37-43)51-25-11-8-21-46(51)48-23-13-19-41-31-35-44(58(59)56(41)48)40-17-5-2-6-18-40/h1-37H. The van der Waals surface area contributed by atoms with Crippen molar-refractivity contribution in [2.75, 3.05) is 4.90 Å². The Labute approximate surface area is 359 Å². The Morgan fingerprint density at radius 1 is 0.344 bits per heavy atom. The van der Waals surface area contributed by atoms with E-state index in [4.69, 9.17) is 0 Å². The molecule has 1 nitrogen and oxygen atoms in total. The first-order valence-electron chi connectivity index (χ1n) is 21.1. The zero-order chi connectivity index (χ0) is 40.1. The number of anilines is 3. The van der Waals surface area contributed by atoms with Crippen LogP contribution >= 0.6 is 11.3 Å². The van der Waals surface area contributed by atoms with E-state index in [9.17, 15) is 0 Å². The lowest BCUT2D eigenvalue weighted by Crippen LogP contribution is -2.32. The fourth-order valence-corrected chi connectivity index (χ4v) is 11.9. The zero-order valence-corrected chi connectivity index (χ0v) is 34.0. The van der Waals surface area contributed by atoms with Crippen LogP contribution in [0.2, 0.25) is 0 Å². The van der Waals surface area contributed by atoms with Crippen LogP contribution in [0.5, 0.6) is 0 Å². The van der Waals surface area contributed by atoms with Crippen LogP contribution in [0, 0.1) is 0 Å². The summed E-state index contributed by atoms with van der Waals surface area (Å²) in [5.41, 5.74) is 18.2. The van der Waals surface area contributed by atoms with E-state index >= 15 is 0 Å². The van der Waals surface area contributed by atoms with Crippen molar-refractivity contribution in [3.63, 3.8) is 0 Å². The molecule has 11 aromatic rings. The molecule has 1 spiro atoms. The van der Waals surface area contributed by atoms with Gasteiger partial charge in [-0.3, -0.25) is 0 Å². The average molecular weight is 792 g/mol. The molecule has 0 radical (unpaired) electrons. The predicted molar refractivity (Wildman–Crippen MR) is 259 cm³/mol. The molecular formula is C59H37NS. The molecule has 10 aromatic carbocycles. The molecular weight excluding hydrogens is 755 g/mol. The first-order valence-corrected chi connectivity index (χ1v) is 21.9. The van der Waals surface area contributed by atoms with Gasteiger partial charge in [0.05, 0.1) is 11.1 Å². The Hall–Kier alpha value is -7.52. The molecule has 2 heteroatoms. The lowest BCUT2D eigenvalue weighted by Gasteiger charge is -2.41. The number of hydrogen-bond acceptors (Lipinski definition) is 2. The van der Waals surface area contributed by atoms with E-state index < -0.39 is 5.41 Å². The number of thiophene rings is 1. The maximum atomic E-state index is 2.53. The summed E-state index contributed by atoms with van der Waals surface area (Å²) in [6.07, 6.45) is 0. The van der Waals surface area contributed by atoms with Crippen molar-refractivity contribution in [1.29, 1.82) is 0 Å². The van der Waals surface area contributed by atoms with E-state index in [1.807, 2.05) is 11.3 Å². The second-order valence-electron chi connectivity index (χ2n) is 16.3. The van der Waals surface area contributed by atoms with Crippen LogP contribution in [0.1, 0.15) is 22.3 Å². The highest BCUT2D eigenvalue weighted by Gasteiger charge is 2.51. The number of rotatable bonds is 5. The zero-order valence-electron chi connectivity index (χ0n) is 33.2. The van der Waals surface area contributed by atoms with Crippen molar-refractivity contribution >= 4 is 59.3 Å². The van der Waals surface area contributed by atoms with Gasteiger partial charge in [0.2, 0.25) is 0 Å². The van der Waals surface area contributed by atoms with Crippen LogP contribution in [0.3, 0.4) is 0 Å². The van der Waals surface area contributed by atoms with Crippen LogP contribution in [0.25, 0.3) is 75.5 Å². The summed E-state index contributed by atoms with van der Waals surface area (Å²) in [6, 6.07) is 83.7. The first-order chi connectivity index (χ1) is 30.3. The van der Waals surface area contributed by atoms with Crippen LogP contribution in [-0.2, 0) is 5.41 Å². The van der Waals surface area contributed by atoms with Gasteiger partial charge in [0.25, 0.3) is 0 Å². The molecule has 0 bridgehead atoms. The molecule has 0 saturated carbocycles. The molecule has 1 aromatic heterocycles. The van der Waals surface area contributed by atoms with Gasteiger partial charge >= 0.3 is 0 Å². The van der Waals surface area contributed by atoms with E-state index in [0.717, 1.165) is 11.4 Å². The van der Waals surface area contributed by atoms with Gasteiger partial charge in [-0.1, -0.05) is 182 Å². The first kappa shape index (κ1) is 34.4. The Morgan fingerprint density at radius 2 is 0.918 bits per heavy atom. The number of benzene rings is 10. The highest BCUT2D eigenvalue weighted by Crippen LogP contribution is 2.64. The van der Waals surface area contributed by atoms with Crippen LogP contribution in [0.15, 0.2) is 224 Å². The van der Waals surface area contributed by atoms with Crippen LogP contribution < -0.4 is 4.90 Å². The molecule has 1 atom stereocenters. The maximum absolute atomic E-state index is 2.53. The van der Waals surface area contributed by atoms with Crippen molar-refractivity contribution in [2.24, 2.45) is 0 Å². The van der Waals surface area contributed by atoms with Crippen LogP contribution in [0.4, 0.5) is 17.1 Å². The fourth-order valence-electron chi connectivity index (χ4n) is 10.8. The quantitative estimate of drug-likeness (QED) is 0.168. The van der Waals surface area contributed by atoms with Gasteiger partial charge in [-0.05, 0) is 120 Å². The summed E-state index contributed by atoms with van der Waals surface area (Å²) >= 11 is 1.87. The smallest absolute Gasteiger partial charge is 0.0732 e. The average Bonchev–Trinajstić information content (AvgIpc) is 3.86. The Bertz CT molecular complexity index is 3530. The minimum atomic E-state index is -0.596. The molecule has 0 N–H and O–H groups in total. The lowest BCUT2D eigenvalue weighted by atomic mass is 9.60. The van der Waals surface area contributed by atoms with E-state index in [1.165, 1.54) is 103 Å². The van der Waals surface area contributed by atoms with Gasteiger partial charge in [-0.15, -0.1) is 11.3 Å². The van der Waals surface area contributed by atoms with Crippen LogP contribution in [-0.4, -0.2) is 0 Å². The molecule has 0 amide bonds. The SMILES string of the molecule is c1ccc(-c2ccc(N(c3ccc4c(c3)C3(c5ccccc5-4)c4ccccc4-c4cccc5ccc(-c6ccccc6)c3c45)c3cccc4sc5ccccc5c34)cc2)cc1. The largest absolute Gasteiger partial charge is 0.310 e. The highest BCUT2D eigenvalue weighted by molar-refractivity contribution is 7.26. The maximum Gasteiger partial charge on any atom is 0.0732 e. The second-order valence-corrected chi connectivity index (χ2v) is 17.4. The molecule has 0 aliphatic heterocycles. The van der Waals surface area contributed by atoms with Gasteiger partial charge in [-0.2, -0.15) is 0 Å². The number of hydrogen-bond donors (Lipinski definition) is 0. The third kappa shape index (κ3) is 4.88. The van der Waals surface area contributed by atoms with Gasteiger partial charge in [0.1, 0.15) is 0 Å². The summed E-state index contributed by atoms with van der Waals surface area (Å²) in [5, 5.41) is 5.16. The Morgan fingerprint density at radius 3 is 1.70 bits per heavy atom. The molecule has 1 unspecified atom stereocenters. The molecule has 0 saturated heterocycles. The van der Waals surface area contributed by atoms with Crippen molar-refractivity contribution in [1.82, 2.24) is 0 Å². The number of nitrogens with zero attached hydrogens (tertiary/aromatic N) is 1. The molecule has 2 aliphatic carbocycles. The van der Waals surface area contributed by atoms with Gasteiger partial charge in [0, 0.05) is 31.5 Å².